The third-order valence-electron chi connectivity index (χ3n) is 3.17. The lowest BCUT2D eigenvalue weighted by Crippen LogP contribution is -2.04. The van der Waals surface area contributed by atoms with Crippen LogP contribution in [-0.4, -0.2) is 82.0 Å². The number of benzene rings is 1. The van der Waals surface area contributed by atoms with Gasteiger partial charge in [-0.05, 0) is 37.5 Å². The molecule has 35 heavy (non-hydrogen) atoms. The number of aryl methyl sites for hydroxylation is 1. The SMILES string of the molecule is C=CC(=O)OCCO.Cc1ccc(N=C=O)cc1N=C=O.O=C(O)CCCCC(=O)O.OCCO. The fraction of sp³-hybridized carbons (Fsp3) is 0.409. The molecule has 1 aromatic rings. The Labute approximate surface area is 201 Å². The number of esters is 1. The zero-order chi connectivity index (χ0) is 27.5. The van der Waals surface area contributed by atoms with Crippen LogP contribution in [0.5, 0.6) is 0 Å². The van der Waals surface area contributed by atoms with Crippen molar-refractivity contribution in [2.75, 3.05) is 26.4 Å². The number of rotatable bonds is 11. The molecule has 0 unspecified atom stereocenters. The van der Waals surface area contributed by atoms with Gasteiger partial charge >= 0.3 is 17.9 Å². The molecule has 0 aliphatic rings. The van der Waals surface area contributed by atoms with Crippen molar-refractivity contribution < 1.29 is 54.2 Å². The van der Waals surface area contributed by atoms with Gasteiger partial charge in [0, 0.05) is 18.9 Å². The van der Waals surface area contributed by atoms with Crippen molar-refractivity contribution in [2.45, 2.75) is 32.6 Å². The Morgan fingerprint density at radius 2 is 1.46 bits per heavy atom. The number of aliphatic carboxylic acids is 2. The molecule has 1 aromatic carbocycles. The van der Waals surface area contributed by atoms with E-state index in [2.05, 4.69) is 21.3 Å². The standard InChI is InChI=1S/C9H6N2O2.C6H10O4.C5H8O3.C2H6O2/c1-7-2-3-8(10-5-12)4-9(7)11-6-13;7-5(8)3-1-2-4-6(9)10;1-2-5(7)8-4-3-6;3-1-2-4/h2-4H,1H3;1-4H2,(H,7,8)(H,9,10);2,6H,1,3-4H2;3-4H,1-2H2. The average molecular weight is 498 g/mol. The van der Waals surface area contributed by atoms with Crippen LogP contribution in [0.3, 0.4) is 0 Å². The number of carboxylic acid groups (broad SMARTS) is 2. The first-order valence-electron chi connectivity index (χ1n) is 9.95. The van der Waals surface area contributed by atoms with E-state index in [1.165, 1.54) is 18.2 Å². The molecule has 0 fully saturated rings. The van der Waals surface area contributed by atoms with E-state index >= 15 is 0 Å². The molecule has 0 spiro atoms. The maximum Gasteiger partial charge on any atom is 0.330 e. The van der Waals surface area contributed by atoms with Crippen molar-refractivity contribution in [3.63, 3.8) is 0 Å². The molecule has 13 heteroatoms. The lowest BCUT2D eigenvalue weighted by molar-refractivity contribution is -0.139. The number of nitrogens with zero attached hydrogens (tertiary/aromatic N) is 2. The number of hydrogen-bond acceptors (Lipinski definition) is 11. The molecule has 0 amide bonds. The summed E-state index contributed by atoms with van der Waals surface area (Å²) in [6.45, 7) is 4.61. The van der Waals surface area contributed by atoms with Crippen molar-refractivity contribution in [2.24, 2.45) is 9.98 Å². The zero-order valence-electron chi connectivity index (χ0n) is 19.3. The number of hydrogen-bond donors (Lipinski definition) is 5. The van der Waals surface area contributed by atoms with E-state index in [0.717, 1.165) is 11.6 Å². The maximum atomic E-state index is 10.1. The van der Waals surface area contributed by atoms with Gasteiger partial charge in [-0.15, -0.1) is 0 Å². The molecule has 13 nitrogen and oxygen atoms in total. The van der Waals surface area contributed by atoms with Gasteiger partial charge in [0.25, 0.3) is 0 Å². The van der Waals surface area contributed by atoms with E-state index in [0.29, 0.717) is 24.2 Å². The predicted molar refractivity (Wildman–Crippen MR) is 123 cm³/mol. The second-order valence-electron chi connectivity index (χ2n) is 5.91. The highest BCUT2D eigenvalue weighted by Gasteiger charge is 1.99. The summed E-state index contributed by atoms with van der Waals surface area (Å²) >= 11 is 0. The maximum absolute atomic E-state index is 10.1. The zero-order valence-corrected chi connectivity index (χ0v) is 19.3. The van der Waals surface area contributed by atoms with E-state index in [9.17, 15) is 24.0 Å². The number of carboxylic acids is 2. The summed E-state index contributed by atoms with van der Waals surface area (Å²) in [5, 5.41) is 39.6. The van der Waals surface area contributed by atoms with E-state index in [1.807, 2.05) is 0 Å². The molecule has 194 valence electrons. The van der Waals surface area contributed by atoms with Gasteiger partial charge in [-0.1, -0.05) is 12.6 Å². The lowest BCUT2D eigenvalue weighted by Gasteiger charge is -1.97. The minimum absolute atomic E-state index is 0.0465. The number of ether oxygens (including phenoxy) is 1. The summed E-state index contributed by atoms with van der Waals surface area (Å²) in [5.74, 6) is -2.24. The highest BCUT2D eigenvalue weighted by molar-refractivity contribution is 5.81. The molecule has 0 aliphatic carbocycles. The second kappa shape index (κ2) is 26.3. The summed E-state index contributed by atoms with van der Waals surface area (Å²) in [6.07, 6.45) is 4.91. The summed E-state index contributed by atoms with van der Waals surface area (Å²) in [4.78, 5) is 56.7. The third-order valence-corrected chi connectivity index (χ3v) is 3.17. The van der Waals surface area contributed by atoms with Gasteiger partial charge in [-0.2, -0.15) is 9.98 Å². The Morgan fingerprint density at radius 3 is 1.83 bits per heavy atom. The summed E-state index contributed by atoms with van der Waals surface area (Å²) in [7, 11) is 0. The molecule has 0 bridgehead atoms. The van der Waals surface area contributed by atoms with Crippen LogP contribution in [0.25, 0.3) is 0 Å². The molecule has 5 N–H and O–H groups in total. The number of isocyanates is 2. The van der Waals surface area contributed by atoms with E-state index in [4.69, 9.17) is 25.5 Å². The van der Waals surface area contributed by atoms with Crippen LogP contribution < -0.4 is 0 Å². The smallest absolute Gasteiger partial charge is 0.330 e. The predicted octanol–water partition coefficient (Wildman–Crippen LogP) is 1.32. The van der Waals surface area contributed by atoms with E-state index in [-0.39, 0.29) is 39.3 Å². The molecule has 1 rings (SSSR count). The number of carbonyl (C=O) groups excluding carboxylic acids is 3. The fourth-order valence-corrected chi connectivity index (χ4v) is 1.65. The van der Waals surface area contributed by atoms with Crippen molar-refractivity contribution in [3.05, 3.63) is 36.4 Å². The van der Waals surface area contributed by atoms with Crippen molar-refractivity contribution in [1.82, 2.24) is 0 Å². The minimum atomic E-state index is -0.870. The van der Waals surface area contributed by atoms with Gasteiger partial charge in [0.15, 0.2) is 0 Å². The second-order valence-corrected chi connectivity index (χ2v) is 5.91. The topological polar surface area (TPSA) is 220 Å². The van der Waals surface area contributed by atoms with Gasteiger partial charge in [0.1, 0.15) is 6.61 Å². The van der Waals surface area contributed by atoms with Crippen molar-refractivity contribution in [3.8, 4) is 0 Å². The Morgan fingerprint density at radius 1 is 0.943 bits per heavy atom. The highest BCUT2D eigenvalue weighted by Crippen LogP contribution is 2.23. The molecule has 0 atom stereocenters. The van der Waals surface area contributed by atoms with Crippen LogP contribution in [0.4, 0.5) is 11.4 Å². The van der Waals surface area contributed by atoms with Crippen LogP contribution >= 0.6 is 0 Å². The minimum Gasteiger partial charge on any atom is -0.481 e. The van der Waals surface area contributed by atoms with Gasteiger partial charge in [-0.3, -0.25) is 9.59 Å². The number of carbonyl (C=O) groups is 3. The molecule has 0 saturated heterocycles. The average Bonchev–Trinajstić information content (AvgIpc) is 2.83. The summed E-state index contributed by atoms with van der Waals surface area (Å²) < 4.78 is 4.33. The van der Waals surface area contributed by atoms with Gasteiger partial charge < -0.3 is 30.3 Å². The largest absolute Gasteiger partial charge is 0.481 e. The lowest BCUT2D eigenvalue weighted by atomic mass is 10.2. The fourth-order valence-electron chi connectivity index (χ4n) is 1.65. The summed E-state index contributed by atoms with van der Waals surface area (Å²) in [6, 6.07) is 4.88. The Balaban J connectivity index is -0.000000418. The first-order chi connectivity index (χ1) is 16.6. The van der Waals surface area contributed by atoms with Crippen molar-refractivity contribution in [1.29, 1.82) is 0 Å². The van der Waals surface area contributed by atoms with Crippen molar-refractivity contribution >= 4 is 41.4 Å². The quantitative estimate of drug-likeness (QED) is 0.0962. The molecular formula is C22H30N2O11. The number of unbranched alkanes of at least 4 members (excludes halogenated alkanes) is 1. The first kappa shape index (κ1) is 35.6. The van der Waals surface area contributed by atoms with Gasteiger partial charge in [0.05, 0.1) is 31.2 Å². The van der Waals surface area contributed by atoms with Crippen LogP contribution in [0, 0.1) is 6.92 Å². The molecule has 0 saturated carbocycles. The number of aliphatic imine (C=N–C) groups is 2. The van der Waals surface area contributed by atoms with E-state index < -0.39 is 17.9 Å². The number of aliphatic hydroxyl groups is 3. The number of aliphatic hydroxyl groups excluding tert-OH is 3. The van der Waals surface area contributed by atoms with Crippen LogP contribution in [-0.2, 0) is 28.7 Å². The van der Waals surface area contributed by atoms with Gasteiger partial charge in [0.2, 0.25) is 12.2 Å². The Kier molecular flexibility index (Phi) is 26.7. The van der Waals surface area contributed by atoms with Crippen LogP contribution in [0.2, 0.25) is 0 Å². The first-order valence-corrected chi connectivity index (χ1v) is 9.95. The van der Waals surface area contributed by atoms with Gasteiger partial charge in [-0.25, -0.2) is 14.4 Å². The summed E-state index contributed by atoms with van der Waals surface area (Å²) in [5.41, 5.74) is 1.72. The molecule has 0 aromatic heterocycles. The normalized spacial score (nSPS) is 8.46. The Hall–Kier alpha value is -3.99. The highest BCUT2D eigenvalue weighted by atomic mass is 16.5. The van der Waals surface area contributed by atoms with E-state index in [1.54, 1.807) is 19.1 Å². The monoisotopic (exact) mass is 498 g/mol. The van der Waals surface area contributed by atoms with Crippen LogP contribution in [0.15, 0.2) is 40.8 Å². The molecule has 0 radical (unpaired) electrons. The molecular weight excluding hydrogens is 468 g/mol. The third kappa shape index (κ3) is 28.0. The Bertz CT molecular complexity index is 841. The molecule has 0 heterocycles. The molecule has 0 aliphatic heterocycles. The van der Waals surface area contributed by atoms with Crippen LogP contribution in [0.1, 0.15) is 31.2 Å².